The fourth-order valence-corrected chi connectivity index (χ4v) is 6.75. The number of hydrogen-bond acceptors (Lipinski definition) is 3. The highest BCUT2D eigenvalue weighted by Gasteiger charge is 2.53. The van der Waals surface area contributed by atoms with E-state index in [0.717, 1.165) is 23.3 Å². The lowest BCUT2D eigenvalue weighted by Gasteiger charge is -2.59. The number of imide groups is 1. The molecule has 2 N–H and O–H groups in total. The number of urea groups is 1. The van der Waals surface area contributed by atoms with Gasteiger partial charge in [0.25, 0.3) is 5.91 Å². The molecule has 0 aromatic heterocycles. The summed E-state index contributed by atoms with van der Waals surface area (Å²) in [5.74, 6) is 2.27. The van der Waals surface area contributed by atoms with Crippen LogP contribution in [0.3, 0.4) is 0 Å². The molecule has 0 unspecified atom stereocenters. The van der Waals surface area contributed by atoms with Gasteiger partial charge in [0.05, 0.1) is 13.1 Å². The normalized spacial score (nSPS) is 33.7. The Morgan fingerprint density at radius 2 is 1.83 bits per heavy atom. The summed E-state index contributed by atoms with van der Waals surface area (Å²) in [7, 11) is 0. The van der Waals surface area contributed by atoms with Crippen LogP contribution in [0.4, 0.5) is 4.79 Å². The lowest BCUT2D eigenvalue weighted by Crippen LogP contribution is -2.55. The summed E-state index contributed by atoms with van der Waals surface area (Å²) in [4.78, 5) is 37.8. The van der Waals surface area contributed by atoms with E-state index in [2.05, 4.69) is 17.6 Å². The van der Waals surface area contributed by atoms with Gasteiger partial charge in [0.2, 0.25) is 5.91 Å². The molecule has 5 fully saturated rings. The minimum absolute atomic E-state index is 0.0432. The molecule has 1 aliphatic heterocycles. The Bertz CT molecular complexity index is 813. The van der Waals surface area contributed by atoms with Gasteiger partial charge >= 0.3 is 6.03 Å². The first-order valence-electron chi connectivity index (χ1n) is 10.9. The molecule has 4 saturated carbocycles. The van der Waals surface area contributed by atoms with E-state index in [0.29, 0.717) is 5.56 Å². The van der Waals surface area contributed by atoms with Crippen LogP contribution in [-0.2, 0) is 11.3 Å². The Morgan fingerprint density at radius 1 is 1.17 bits per heavy atom. The average Bonchev–Trinajstić information content (AvgIpc) is 2.99. The zero-order valence-corrected chi connectivity index (χ0v) is 16.9. The van der Waals surface area contributed by atoms with Crippen LogP contribution in [0.25, 0.3) is 0 Å². The number of carbonyl (C=O) groups is 3. The first-order chi connectivity index (χ1) is 13.9. The van der Waals surface area contributed by atoms with Crippen molar-refractivity contribution in [1.82, 2.24) is 15.5 Å². The van der Waals surface area contributed by atoms with Crippen molar-refractivity contribution in [2.45, 2.75) is 58.0 Å². The molecule has 1 saturated heterocycles. The minimum Gasteiger partial charge on any atom is -0.349 e. The van der Waals surface area contributed by atoms with Gasteiger partial charge in [-0.3, -0.25) is 14.5 Å². The van der Waals surface area contributed by atoms with E-state index in [1.54, 1.807) is 12.1 Å². The summed E-state index contributed by atoms with van der Waals surface area (Å²) >= 11 is 0. The summed E-state index contributed by atoms with van der Waals surface area (Å²) in [6.45, 7) is 2.42. The molecule has 0 spiro atoms. The molecular weight excluding hydrogens is 366 g/mol. The quantitative estimate of drug-likeness (QED) is 0.752. The molecule has 0 radical (unpaired) electrons. The number of hydrogen-bond donors (Lipinski definition) is 2. The van der Waals surface area contributed by atoms with Gasteiger partial charge in [0.15, 0.2) is 0 Å². The van der Waals surface area contributed by atoms with E-state index < -0.39 is 0 Å². The average molecular weight is 396 g/mol. The lowest BCUT2D eigenvalue weighted by atomic mass is 9.48. The molecular formula is C23H29N3O3. The third kappa shape index (κ3) is 3.32. The highest BCUT2D eigenvalue weighted by Crippen LogP contribution is 2.61. The van der Waals surface area contributed by atoms with E-state index in [4.69, 9.17) is 0 Å². The first-order valence-corrected chi connectivity index (χ1v) is 10.9. The fraction of sp³-hybridized carbons (Fsp3) is 0.609. The van der Waals surface area contributed by atoms with Crippen LogP contribution < -0.4 is 10.6 Å². The van der Waals surface area contributed by atoms with E-state index in [-0.39, 0.29) is 42.4 Å². The monoisotopic (exact) mass is 395 g/mol. The van der Waals surface area contributed by atoms with Gasteiger partial charge in [0, 0.05) is 11.6 Å². The zero-order chi connectivity index (χ0) is 20.2. The number of nitrogens with one attached hydrogen (secondary N) is 2. The van der Waals surface area contributed by atoms with Gasteiger partial charge in [-0.2, -0.15) is 0 Å². The van der Waals surface area contributed by atoms with Gasteiger partial charge in [-0.05, 0) is 86.3 Å². The van der Waals surface area contributed by atoms with Gasteiger partial charge in [-0.1, -0.05) is 12.1 Å². The third-order valence-electron chi connectivity index (χ3n) is 7.82. The zero-order valence-electron chi connectivity index (χ0n) is 16.9. The summed E-state index contributed by atoms with van der Waals surface area (Å²) in [5, 5.41) is 5.82. The number of nitrogens with zero attached hydrogens (tertiary/aromatic N) is 1. The second kappa shape index (κ2) is 6.85. The molecule has 1 heterocycles. The summed E-state index contributed by atoms with van der Waals surface area (Å²) in [6, 6.07) is 7.05. The van der Waals surface area contributed by atoms with Gasteiger partial charge in [0.1, 0.15) is 0 Å². The van der Waals surface area contributed by atoms with E-state index in [9.17, 15) is 14.4 Å². The molecule has 1 aromatic rings. The Balaban J connectivity index is 1.27. The molecule has 1 aromatic carbocycles. The maximum atomic E-state index is 13.0. The van der Waals surface area contributed by atoms with Crippen LogP contribution in [0.1, 0.15) is 61.4 Å². The second-order valence-electron chi connectivity index (χ2n) is 9.81. The van der Waals surface area contributed by atoms with Crippen LogP contribution in [0.5, 0.6) is 0 Å². The number of carbonyl (C=O) groups excluding carboxylic acids is 3. The molecule has 6 heteroatoms. The highest BCUT2D eigenvalue weighted by atomic mass is 16.2. The molecule has 4 amide bonds. The van der Waals surface area contributed by atoms with Crippen molar-refractivity contribution in [1.29, 1.82) is 0 Å². The lowest BCUT2D eigenvalue weighted by molar-refractivity contribution is -0.125. The second-order valence-corrected chi connectivity index (χ2v) is 9.81. The largest absolute Gasteiger partial charge is 0.349 e. The van der Waals surface area contributed by atoms with Crippen molar-refractivity contribution in [3.8, 4) is 0 Å². The van der Waals surface area contributed by atoms with Gasteiger partial charge in [-0.15, -0.1) is 0 Å². The Hall–Kier alpha value is -2.37. The van der Waals surface area contributed by atoms with Crippen LogP contribution in [0.2, 0.25) is 0 Å². The van der Waals surface area contributed by atoms with Crippen molar-refractivity contribution >= 4 is 17.8 Å². The van der Waals surface area contributed by atoms with Gasteiger partial charge < -0.3 is 10.6 Å². The maximum absolute atomic E-state index is 13.0. The third-order valence-corrected chi connectivity index (χ3v) is 7.82. The summed E-state index contributed by atoms with van der Waals surface area (Å²) < 4.78 is 0. The SMILES string of the molecule is C[C@@H](NC(=O)c1cccc(CN2C(=O)CNC2=O)c1)C12CC3CC(CC(C3)C1)C2. The predicted molar refractivity (Wildman–Crippen MR) is 108 cm³/mol. The van der Waals surface area contributed by atoms with Crippen molar-refractivity contribution in [2.75, 3.05) is 6.54 Å². The standard InChI is InChI=1S/C23H29N3O3/c1-14(23-9-16-5-17(10-23)7-18(6-16)11-23)25-21(28)19-4-2-3-15(8-19)13-26-20(27)12-24-22(26)29/h2-4,8,14,16-18H,5-7,9-13H2,1H3,(H,24,29)(H,25,28)/t14-,16?,17?,18?,23?/m1/s1. The summed E-state index contributed by atoms with van der Waals surface area (Å²) in [5.41, 5.74) is 1.64. The van der Waals surface area contributed by atoms with Crippen LogP contribution in [0.15, 0.2) is 24.3 Å². The predicted octanol–water partition coefficient (Wildman–Crippen LogP) is 3.07. The van der Waals surface area contributed by atoms with E-state index >= 15 is 0 Å². The van der Waals surface area contributed by atoms with E-state index in [1.807, 2.05) is 12.1 Å². The Morgan fingerprint density at radius 3 is 2.41 bits per heavy atom. The molecule has 154 valence electrons. The molecule has 1 atom stereocenters. The van der Waals surface area contributed by atoms with Crippen molar-refractivity contribution in [2.24, 2.45) is 23.2 Å². The van der Waals surface area contributed by atoms with Crippen molar-refractivity contribution < 1.29 is 14.4 Å². The van der Waals surface area contributed by atoms with Crippen molar-refractivity contribution in [3.05, 3.63) is 35.4 Å². The molecule has 6 rings (SSSR count). The first kappa shape index (κ1) is 18.6. The minimum atomic E-state index is -0.375. The summed E-state index contributed by atoms with van der Waals surface area (Å²) in [6.07, 6.45) is 7.95. The maximum Gasteiger partial charge on any atom is 0.324 e. The van der Waals surface area contributed by atoms with Crippen LogP contribution in [-0.4, -0.2) is 35.3 Å². The smallest absolute Gasteiger partial charge is 0.324 e. The topological polar surface area (TPSA) is 78.5 Å². The van der Waals surface area contributed by atoms with Crippen LogP contribution in [0, 0.1) is 23.2 Å². The Labute approximate surface area is 171 Å². The molecule has 6 nitrogen and oxygen atoms in total. The molecule has 4 bridgehead atoms. The molecule has 5 aliphatic rings. The number of rotatable bonds is 5. The van der Waals surface area contributed by atoms with E-state index in [1.165, 1.54) is 43.4 Å². The van der Waals surface area contributed by atoms with Gasteiger partial charge in [-0.25, -0.2) is 4.79 Å². The number of amides is 4. The molecule has 4 aliphatic carbocycles. The number of benzene rings is 1. The Kier molecular flexibility index (Phi) is 4.41. The highest BCUT2D eigenvalue weighted by molar-refractivity contribution is 6.02. The van der Waals surface area contributed by atoms with Crippen molar-refractivity contribution in [3.63, 3.8) is 0 Å². The fourth-order valence-electron chi connectivity index (χ4n) is 6.75. The molecule has 29 heavy (non-hydrogen) atoms. The van der Waals surface area contributed by atoms with Crippen LogP contribution >= 0.6 is 0 Å².